The van der Waals surface area contributed by atoms with Gasteiger partial charge < -0.3 is 25.6 Å². The zero-order valence-electron chi connectivity index (χ0n) is 16.6. The zero-order valence-corrected chi connectivity index (χ0v) is 17.4. The van der Waals surface area contributed by atoms with Crippen molar-refractivity contribution in [2.24, 2.45) is 5.73 Å². The van der Waals surface area contributed by atoms with Crippen molar-refractivity contribution in [3.05, 3.63) is 59.8 Å². The van der Waals surface area contributed by atoms with Gasteiger partial charge >= 0.3 is 0 Å². The number of aryl methyl sites for hydroxylation is 1. The van der Waals surface area contributed by atoms with Gasteiger partial charge in [0, 0.05) is 18.7 Å². The van der Waals surface area contributed by atoms with Crippen LogP contribution in [-0.4, -0.2) is 53.0 Å². The minimum absolute atomic E-state index is 0.183. The quantitative estimate of drug-likeness (QED) is 0.400. The Hall–Kier alpha value is -3.01. The molecule has 0 aliphatic heterocycles. The number of carbonyl (C=O) groups is 1. The van der Waals surface area contributed by atoms with Gasteiger partial charge in [0.05, 0.1) is 10.6 Å². The number of aliphatic hydroxyl groups is 1. The third kappa shape index (κ3) is 6.24. The minimum Gasteiger partial charge on any atom is -0.492 e. The third-order valence-corrected chi connectivity index (χ3v) is 5.15. The maximum atomic E-state index is 11.0. The van der Waals surface area contributed by atoms with Crippen LogP contribution in [0.3, 0.4) is 0 Å². The largest absolute Gasteiger partial charge is 0.492 e. The zero-order chi connectivity index (χ0) is 21.3. The Kier molecular flexibility index (Phi) is 7.72. The number of ether oxygens (including phenoxy) is 2. The summed E-state index contributed by atoms with van der Waals surface area (Å²) < 4.78 is 15.2. The Morgan fingerprint density at radius 1 is 1.13 bits per heavy atom. The topological polar surface area (TPSA) is 120 Å². The Bertz CT molecular complexity index is 944. The van der Waals surface area contributed by atoms with Crippen LogP contribution >= 0.6 is 11.5 Å². The second-order valence-electron chi connectivity index (χ2n) is 6.62. The van der Waals surface area contributed by atoms with Crippen molar-refractivity contribution in [3.8, 4) is 21.9 Å². The smallest absolute Gasteiger partial charge is 0.248 e. The molecule has 0 fully saturated rings. The van der Waals surface area contributed by atoms with Gasteiger partial charge in [0.1, 0.15) is 30.8 Å². The molecule has 0 aliphatic carbocycles. The molecule has 158 valence electrons. The average Bonchev–Trinajstić information content (AvgIpc) is 3.18. The highest BCUT2D eigenvalue weighted by Crippen LogP contribution is 2.27. The first-order chi connectivity index (χ1) is 14.5. The highest BCUT2D eigenvalue weighted by atomic mass is 32.1. The van der Waals surface area contributed by atoms with E-state index in [1.165, 1.54) is 11.5 Å². The Morgan fingerprint density at radius 3 is 2.43 bits per heavy atom. The molecule has 4 N–H and O–H groups in total. The summed E-state index contributed by atoms with van der Waals surface area (Å²) in [4.78, 5) is 12.1. The summed E-state index contributed by atoms with van der Waals surface area (Å²) >= 11 is 1.36. The van der Waals surface area contributed by atoms with E-state index in [9.17, 15) is 9.90 Å². The number of aromatic nitrogens is 2. The van der Waals surface area contributed by atoms with Gasteiger partial charge in [-0.1, -0.05) is 4.49 Å². The fourth-order valence-corrected chi connectivity index (χ4v) is 3.33. The third-order valence-electron chi connectivity index (χ3n) is 4.28. The monoisotopic (exact) mass is 428 g/mol. The molecule has 0 radical (unpaired) electrons. The van der Waals surface area contributed by atoms with Gasteiger partial charge in [-0.25, -0.2) is 0 Å². The first-order valence-corrected chi connectivity index (χ1v) is 10.2. The molecule has 1 amide bonds. The summed E-state index contributed by atoms with van der Waals surface area (Å²) in [6.45, 7) is 3.48. The molecule has 9 heteroatoms. The highest BCUT2D eigenvalue weighted by molar-refractivity contribution is 7.09. The van der Waals surface area contributed by atoms with Gasteiger partial charge in [-0.3, -0.25) is 4.79 Å². The number of nitrogens with one attached hydrogen (secondary N) is 1. The molecule has 1 heterocycles. The van der Waals surface area contributed by atoms with Crippen LogP contribution in [0.2, 0.25) is 0 Å². The first-order valence-electron chi connectivity index (χ1n) is 9.46. The van der Waals surface area contributed by atoms with E-state index in [-0.39, 0.29) is 6.61 Å². The number of aliphatic hydroxyl groups excluding tert-OH is 1. The van der Waals surface area contributed by atoms with E-state index in [0.29, 0.717) is 36.8 Å². The predicted molar refractivity (Wildman–Crippen MR) is 115 cm³/mol. The van der Waals surface area contributed by atoms with E-state index < -0.39 is 12.0 Å². The molecule has 2 aromatic carbocycles. The molecule has 30 heavy (non-hydrogen) atoms. The number of rotatable bonds is 11. The minimum atomic E-state index is -0.646. The van der Waals surface area contributed by atoms with E-state index in [0.717, 1.165) is 16.1 Å². The molecule has 3 aromatic rings. The second-order valence-corrected chi connectivity index (χ2v) is 7.37. The number of nitrogens with two attached hydrogens (primary N) is 1. The van der Waals surface area contributed by atoms with E-state index in [1.807, 2.05) is 31.2 Å². The molecule has 3 rings (SSSR count). The summed E-state index contributed by atoms with van der Waals surface area (Å²) in [5, 5.41) is 17.2. The molecule has 0 saturated carbocycles. The van der Waals surface area contributed by atoms with Crippen LogP contribution < -0.4 is 20.5 Å². The van der Waals surface area contributed by atoms with Crippen LogP contribution in [0.15, 0.2) is 48.5 Å². The van der Waals surface area contributed by atoms with Gasteiger partial charge in [0.2, 0.25) is 5.91 Å². The molecule has 1 atom stereocenters. The molecule has 1 aromatic heterocycles. The number of benzene rings is 2. The molecule has 8 nitrogen and oxygen atoms in total. The fourth-order valence-electron chi connectivity index (χ4n) is 2.67. The van der Waals surface area contributed by atoms with E-state index in [2.05, 4.69) is 14.9 Å². The average molecular weight is 429 g/mol. The van der Waals surface area contributed by atoms with E-state index in [1.54, 1.807) is 24.3 Å². The molecule has 0 bridgehead atoms. The van der Waals surface area contributed by atoms with Gasteiger partial charge in [0.15, 0.2) is 0 Å². The lowest BCUT2D eigenvalue weighted by atomic mass is 10.1. The highest BCUT2D eigenvalue weighted by Gasteiger charge is 2.08. The Balaban J connectivity index is 1.31. The number of hydrogen-bond acceptors (Lipinski definition) is 8. The molecule has 0 spiro atoms. The normalized spacial score (nSPS) is 11.8. The van der Waals surface area contributed by atoms with Crippen molar-refractivity contribution in [2.75, 3.05) is 26.3 Å². The van der Waals surface area contributed by atoms with Crippen molar-refractivity contribution >= 4 is 17.4 Å². The van der Waals surface area contributed by atoms with Crippen LogP contribution in [0.1, 0.15) is 16.1 Å². The van der Waals surface area contributed by atoms with Crippen molar-refractivity contribution in [1.82, 2.24) is 14.9 Å². The Morgan fingerprint density at radius 2 is 1.80 bits per heavy atom. The summed E-state index contributed by atoms with van der Waals surface area (Å²) in [5.41, 5.74) is 7.58. The molecule has 0 aliphatic rings. The van der Waals surface area contributed by atoms with Gasteiger partial charge in [-0.05, 0) is 72.6 Å². The summed E-state index contributed by atoms with van der Waals surface area (Å²) in [5.74, 6) is 0.872. The predicted octanol–water partition coefficient (Wildman–Crippen LogP) is 2.02. The number of carbonyl (C=O) groups excluding carboxylic acids is 1. The summed E-state index contributed by atoms with van der Waals surface area (Å²) in [6, 6.07) is 14.3. The molecule has 1 unspecified atom stereocenters. The van der Waals surface area contributed by atoms with Crippen molar-refractivity contribution in [2.45, 2.75) is 13.0 Å². The van der Waals surface area contributed by atoms with Gasteiger partial charge in [-0.2, -0.15) is 0 Å². The molecular weight excluding hydrogens is 404 g/mol. The lowest BCUT2D eigenvalue weighted by Gasteiger charge is -2.14. The number of hydrogen-bond donors (Lipinski definition) is 3. The summed E-state index contributed by atoms with van der Waals surface area (Å²) in [6.07, 6.45) is -0.646. The van der Waals surface area contributed by atoms with Crippen molar-refractivity contribution in [3.63, 3.8) is 0 Å². The first kappa shape index (κ1) is 21.7. The molecule has 0 saturated heterocycles. The van der Waals surface area contributed by atoms with Crippen molar-refractivity contribution < 1.29 is 19.4 Å². The number of amides is 1. The van der Waals surface area contributed by atoms with Crippen LogP contribution in [0.25, 0.3) is 10.4 Å². The SMILES string of the molecule is Cc1nnsc1-c1ccc(OCC(O)CNCCOc2ccc(C(N)=O)cc2)cc1. The number of primary amides is 1. The van der Waals surface area contributed by atoms with Gasteiger partial charge in [-0.15, -0.1) is 5.10 Å². The van der Waals surface area contributed by atoms with Crippen LogP contribution in [0, 0.1) is 6.92 Å². The maximum absolute atomic E-state index is 11.0. The van der Waals surface area contributed by atoms with E-state index in [4.69, 9.17) is 15.2 Å². The lowest BCUT2D eigenvalue weighted by Crippen LogP contribution is -2.33. The molecular formula is C21H24N4O4S. The second kappa shape index (κ2) is 10.7. The lowest BCUT2D eigenvalue weighted by molar-refractivity contribution is 0.1000. The maximum Gasteiger partial charge on any atom is 0.248 e. The standard InChI is InChI=1S/C21H24N4O4S/c1-14-20(30-25-24-14)15-2-6-19(7-3-15)29-13-17(26)12-23-10-11-28-18-8-4-16(5-9-18)21(22)27/h2-9,17,23,26H,10-13H2,1H3,(H2,22,27). The summed E-state index contributed by atoms with van der Waals surface area (Å²) in [7, 11) is 0. The van der Waals surface area contributed by atoms with E-state index >= 15 is 0 Å². The number of nitrogens with zero attached hydrogens (tertiary/aromatic N) is 2. The van der Waals surface area contributed by atoms with Crippen LogP contribution in [0.4, 0.5) is 0 Å². The van der Waals surface area contributed by atoms with Gasteiger partial charge in [0.25, 0.3) is 0 Å². The fraction of sp³-hybridized carbons (Fsp3) is 0.286. The van der Waals surface area contributed by atoms with Crippen LogP contribution in [0.5, 0.6) is 11.5 Å². The van der Waals surface area contributed by atoms with Crippen LogP contribution in [-0.2, 0) is 0 Å². The Labute approximate surface area is 178 Å². The van der Waals surface area contributed by atoms with Crippen molar-refractivity contribution in [1.29, 1.82) is 0 Å².